The van der Waals surface area contributed by atoms with Crippen LogP contribution >= 0.6 is 11.6 Å². The number of nitrogens with zero attached hydrogens (tertiary/aromatic N) is 1. The molecule has 0 atom stereocenters. The maximum Gasteiger partial charge on any atom is 0.283 e. The molecular weight excluding hydrogens is 282 g/mol. The van der Waals surface area contributed by atoms with Gasteiger partial charge in [0.05, 0.1) is 15.5 Å². The monoisotopic (exact) mass is 297 g/mol. The number of nitrogens with one attached hydrogen (secondary N) is 1. The van der Waals surface area contributed by atoms with Crippen molar-refractivity contribution in [1.29, 1.82) is 0 Å². The zero-order valence-corrected chi connectivity index (χ0v) is 11.7. The van der Waals surface area contributed by atoms with Gasteiger partial charge in [0, 0.05) is 12.6 Å². The second-order valence-corrected chi connectivity index (χ2v) is 5.44. The summed E-state index contributed by atoms with van der Waals surface area (Å²) in [6, 6.07) is 4.18. The van der Waals surface area contributed by atoms with E-state index in [1.165, 1.54) is 18.2 Å². The molecule has 1 aromatic carbocycles. The lowest BCUT2D eigenvalue weighted by Gasteiger charge is -2.28. The van der Waals surface area contributed by atoms with Crippen LogP contribution < -0.4 is 11.1 Å². The van der Waals surface area contributed by atoms with Crippen molar-refractivity contribution >= 4 is 23.2 Å². The molecule has 0 bridgehead atoms. The van der Waals surface area contributed by atoms with Crippen molar-refractivity contribution in [2.24, 2.45) is 5.73 Å². The van der Waals surface area contributed by atoms with Gasteiger partial charge in [0.1, 0.15) is 5.56 Å². The number of hydrogen-bond acceptors (Lipinski definition) is 4. The molecule has 1 saturated carbocycles. The van der Waals surface area contributed by atoms with Gasteiger partial charge in [-0.05, 0) is 18.9 Å². The van der Waals surface area contributed by atoms with Crippen LogP contribution in [0.25, 0.3) is 0 Å². The van der Waals surface area contributed by atoms with Gasteiger partial charge in [-0.2, -0.15) is 0 Å². The zero-order valence-electron chi connectivity index (χ0n) is 10.9. The topological polar surface area (TPSA) is 98.3 Å². The van der Waals surface area contributed by atoms with Crippen LogP contribution in [0.2, 0.25) is 5.02 Å². The smallest absolute Gasteiger partial charge is 0.283 e. The first-order valence-electron chi connectivity index (χ1n) is 6.44. The highest BCUT2D eigenvalue weighted by Gasteiger charge is 2.36. The van der Waals surface area contributed by atoms with E-state index in [9.17, 15) is 14.9 Å². The molecule has 0 aromatic heterocycles. The van der Waals surface area contributed by atoms with Gasteiger partial charge in [-0.1, -0.05) is 30.5 Å². The molecule has 0 unspecified atom stereocenters. The van der Waals surface area contributed by atoms with Crippen molar-refractivity contribution in [3.05, 3.63) is 38.9 Å². The van der Waals surface area contributed by atoms with Crippen molar-refractivity contribution in [2.75, 3.05) is 6.54 Å². The fraction of sp³-hybridized carbons (Fsp3) is 0.462. The number of benzene rings is 1. The third-order valence-electron chi connectivity index (χ3n) is 3.75. The summed E-state index contributed by atoms with van der Waals surface area (Å²) in [4.78, 5) is 22.8. The number of rotatable bonds is 4. The molecule has 108 valence electrons. The summed E-state index contributed by atoms with van der Waals surface area (Å²) in [5, 5.41) is 13.9. The van der Waals surface area contributed by atoms with E-state index in [1.54, 1.807) is 0 Å². The second-order valence-electron chi connectivity index (χ2n) is 5.04. The molecule has 0 radical (unpaired) electrons. The lowest BCUT2D eigenvalue weighted by atomic mass is 9.97. The van der Waals surface area contributed by atoms with Crippen LogP contribution in [0.4, 0.5) is 5.69 Å². The summed E-state index contributed by atoms with van der Waals surface area (Å²) in [5.74, 6) is -0.533. The van der Waals surface area contributed by atoms with E-state index in [-0.39, 0.29) is 16.3 Å². The van der Waals surface area contributed by atoms with Crippen molar-refractivity contribution in [3.63, 3.8) is 0 Å². The Morgan fingerprint density at radius 2 is 2.10 bits per heavy atom. The number of halogens is 1. The van der Waals surface area contributed by atoms with Crippen molar-refractivity contribution in [1.82, 2.24) is 5.32 Å². The average molecular weight is 298 g/mol. The second kappa shape index (κ2) is 5.76. The molecule has 0 aliphatic heterocycles. The highest BCUT2D eigenvalue weighted by Crippen LogP contribution is 2.31. The fourth-order valence-corrected chi connectivity index (χ4v) is 2.88. The van der Waals surface area contributed by atoms with E-state index in [1.807, 2.05) is 0 Å². The molecule has 20 heavy (non-hydrogen) atoms. The van der Waals surface area contributed by atoms with Crippen LogP contribution in [0.5, 0.6) is 0 Å². The number of carbonyl (C=O) groups excluding carboxylic acids is 1. The van der Waals surface area contributed by atoms with Gasteiger partial charge in [0.15, 0.2) is 0 Å². The average Bonchev–Trinajstić information content (AvgIpc) is 2.87. The minimum absolute atomic E-state index is 0.0712. The Kier molecular flexibility index (Phi) is 4.25. The molecule has 1 aliphatic carbocycles. The van der Waals surface area contributed by atoms with Gasteiger partial charge in [-0.3, -0.25) is 14.9 Å². The molecular formula is C13H16ClN3O3. The Morgan fingerprint density at radius 1 is 1.45 bits per heavy atom. The quantitative estimate of drug-likeness (QED) is 0.657. The van der Waals surface area contributed by atoms with E-state index >= 15 is 0 Å². The highest BCUT2D eigenvalue weighted by atomic mass is 35.5. The van der Waals surface area contributed by atoms with E-state index in [0.717, 1.165) is 25.7 Å². The van der Waals surface area contributed by atoms with E-state index in [4.69, 9.17) is 17.3 Å². The summed E-state index contributed by atoms with van der Waals surface area (Å²) in [5.41, 5.74) is 4.89. The van der Waals surface area contributed by atoms with Crippen LogP contribution in [0.15, 0.2) is 18.2 Å². The van der Waals surface area contributed by atoms with Crippen LogP contribution in [-0.4, -0.2) is 22.9 Å². The molecule has 0 saturated heterocycles. The highest BCUT2D eigenvalue weighted by molar-refractivity contribution is 6.34. The standard InChI is InChI=1S/C13H16ClN3O3/c14-9-4-3-5-10(17(19)20)11(9)12(18)16-13(8-15)6-1-2-7-13/h3-5H,1-2,6-8,15H2,(H,16,18). The minimum atomic E-state index is -0.607. The number of nitrogens with two attached hydrogens (primary N) is 1. The molecule has 3 N–H and O–H groups in total. The largest absolute Gasteiger partial charge is 0.345 e. The minimum Gasteiger partial charge on any atom is -0.345 e. The zero-order chi connectivity index (χ0) is 14.8. The molecule has 1 aromatic rings. The summed E-state index contributed by atoms with van der Waals surface area (Å²) in [6.07, 6.45) is 3.55. The van der Waals surface area contributed by atoms with E-state index in [0.29, 0.717) is 6.54 Å². The maximum absolute atomic E-state index is 12.4. The van der Waals surface area contributed by atoms with Crippen LogP contribution in [0, 0.1) is 10.1 Å². The predicted octanol–water partition coefficient (Wildman–Crippen LogP) is 2.25. The maximum atomic E-state index is 12.4. The van der Waals surface area contributed by atoms with E-state index in [2.05, 4.69) is 5.32 Å². The number of nitro groups is 1. The molecule has 0 heterocycles. The van der Waals surface area contributed by atoms with Gasteiger partial charge < -0.3 is 11.1 Å². The Labute approximate surface area is 121 Å². The molecule has 0 spiro atoms. The molecule has 7 heteroatoms. The fourth-order valence-electron chi connectivity index (χ4n) is 2.62. The molecule has 2 rings (SSSR count). The number of hydrogen-bond donors (Lipinski definition) is 2. The summed E-state index contributed by atoms with van der Waals surface area (Å²) < 4.78 is 0. The van der Waals surface area contributed by atoms with Gasteiger partial charge in [0.25, 0.3) is 11.6 Å². The number of amides is 1. The van der Waals surface area contributed by atoms with Gasteiger partial charge in [0.2, 0.25) is 0 Å². The molecule has 1 fully saturated rings. The van der Waals surface area contributed by atoms with Crippen LogP contribution in [0.3, 0.4) is 0 Å². The number of nitro benzene ring substituents is 1. The van der Waals surface area contributed by atoms with Crippen molar-refractivity contribution in [3.8, 4) is 0 Å². The number of carbonyl (C=O) groups is 1. The van der Waals surface area contributed by atoms with Gasteiger partial charge in [-0.25, -0.2) is 0 Å². The van der Waals surface area contributed by atoms with Crippen LogP contribution in [0.1, 0.15) is 36.0 Å². The van der Waals surface area contributed by atoms with E-state index < -0.39 is 16.4 Å². The molecule has 1 aliphatic rings. The SMILES string of the molecule is NCC1(NC(=O)c2c(Cl)cccc2[N+](=O)[O-])CCCC1. The predicted molar refractivity (Wildman–Crippen MR) is 75.8 cm³/mol. The van der Waals surface area contributed by atoms with Crippen molar-refractivity contribution < 1.29 is 9.72 Å². The van der Waals surface area contributed by atoms with Gasteiger partial charge in [-0.15, -0.1) is 0 Å². The normalized spacial score (nSPS) is 16.9. The van der Waals surface area contributed by atoms with Crippen molar-refractivity contribution in [2.45, 2.75) is 31.2 Å². The first-order valence-corrected chi connectivity index (χ1v) is 6.82. The Hall–Kier alpha value is -1.66. The first-order chi connectivity index (χ1) is 9.49. The molecule has 6 nitrogen and oxygen atoms in total. The summed E-state index contributed by atoms with van der Waals surface area (Å²) in [7, 11) is 0. The Balaban J connectivity index is 2.32. The third-order valence-corrected chi connectivity index (χ3v) is 4.06. The summed E-state index contributed by atoms with van der Waals surface area (Å²) in [6.45, 7) is 0.316. The third kappa shape index (κ3) is 2.76. The molecule has 1 amide bonds. The summed E-state index contributed by atoms with van der Waals surface area (Å²) >= 11 is 5.95. The first kappa shape index (κ1) is 14.7. The lowest BCUT2D eigenvalue weighted by molar-refractivity contribution is -0.385. The lowest BCUT2D eigenvalue weighted by Crippen LogP contribution is -2.51. The Bertz CT molecular complexity index is 542. The van der Waals surface area contributed by atoms with Gasteiger partial charge >= 0.3 is 0 Å². The Morgan fingerprint density at radius 3 is 2.65 bits per heavy atom. The van der Waals surface area contributed by atoms with Crippen LogP contribution in [-0.2, 0) is 0 Å².